The van der Waals surface area contributed by atoms with E-state index in [1.54, 1.807) is 0 Å². The number of hydrogen-bond acceptors (Lipinski definition) is 3. The third kappa shape index (κ3) is 3.07. The van der Waals surface area contributed by atoms with Crippen molar-refractivity contribution in [3.63, 3.8) is 0 Å². The van der Waals surface area contributed by atoms with Gasteiger partial charge in [-0.05, 0) is 60.2 Å². The second kappa shape index (κ2) is 6.60. The molecule has 4 nitrogen and oxygen atoms in total. The highest BCUT2D eigenvalue weighted by Gasteiger charge is 2.31. The molecule has 0 bridgehead atoms. The van der Waals surface area contributed by atoms with Gasteiger partial charge >= 0.3 is 6.09 Å². The van der Waals surface area contributed by atoms with Gasteiger partial charge in [-0.2, -0.15) is 0 Å². The maximum absolute atomic E-state index is 11.7. The Kier molecular flexibility index (Phi) is 4.30. The second-order valence-electron chi connectivity index (χ2n) is 6.67. The lowest BCUT2D eigenvalue weighted by Gasteiger charge is -2.40. The van der Waals surface area contributed by atoms with Gasteiger partial charge in [0.15, 0.2) is 0 Å². The van der Waals surface area contributed by atoms with Crippen LogP contribution in [0.1, 0.15) is 35.4 Å². The summed E-state index contributed by atoms with van der Waals surface area (Å²) in [5, 5.41) is 3.59. The van der Waals surface area contributed by atoms with Gasteiger partial charge in [0.2, 0.25) is 0 Å². The Morgan fingerprint density at radius 3 is 2.80 bits per heavy atom. The van der Waals surface area contributed by atoms with Crippen molar-refractivity contribution in [2.75, 3.05) is 30.4 Å². The van der Waals surface area contributed by atoms with Crippen molar-refractivity contribution in [2.45, 2.75) is 25.2 Å². The summed E-state index contributed by atoms with van der Waals surface area (Å²) in [5.41, 5.74) is 6.04. The lowest BCUT2D eigenvalue weighted by molar-refractivity contribution is 0.187. The fourth-order valence-electron chi connectivity index (χ4n) is 4.08. The minimum absolute atomic E-state index is 0.319. The Labute approximate surface area is 152 Å². The van der Waals surface area contributed by atoms with Crippen LogP contribution in [-0.2, 0) is 11.2 Å². The zero-order chi connectivity index (χ0) is 17.4. The number of benzene rings is 2. The van der Waals surface area contributed by atoms with Crippen LogP contribution in [0.4, 0.5) is 16.2 Å². The van der Waals surface area contributed by atoms with Gasteiger partial charge in [0.1, 0.15) is 0 Å². The van der Waals surface area contributed by atoms with E-state index in [0.29, 0.717) is 5.92 Å². The Morgan fingerprint density at radius 2 is 2.04 bits per heavy atom. The summed E-state index contributed by atoms with van der Waals surface area (Å²) >= 11 is 6.06. The number of carbonyl (C=O) groups is 1. The molecule has 0 saturated carbocycles. The normalized spacial score (nSPS) is 18.5. The van der Waals surface area contributed by atoms with E-state index >= 15 is 0 Å². The molecule has 2 aromatic carbocycles. The molecule has 4 rings (SSSR count). The van der Waals surface area contributed by atoms with E-state index in [9.17, 15) is 4.79 Å². The monoisotopic (exact) mass is 356 g/mol. The molecule has 0 aliphatic carbocycles. The zero-order valence-corrected chi connectivity index (χ0v) is 15.0. The summed E-state index contributed by atoms with van der Waals surface area (Å²) in [6.07, 6.45) is 2.83. The summed E-state index contributed by atoms with van der Waals surface area (Å²) in [6.45, 7) is 2.17. The van der Waals surface area contributed by atoms with Crippen LogP contribution in [-0.4, -0.2) is 26.3 Å². The molecule has 1 atom stereocenters. The molecular formula is C20H21ClN2O2. The molecule has 0 fully saturated rings. The van der Waals surface area contributed by atoms with Gasteiger partial charge in [0, 0.05) is 35.4 Å². The summed E-state index contributed by atoms with van der Waals surface area (Å²) in [7, 11) is 1.38. The number of ether oxygens (including phenoxy) is 1. The molecule has 0 saturated heterocycles. The van der Waals surface area contributed by atoms with Gasteiger partial charge in [-0.1, -0.05) is 23.7 Å². The first kappa shape index (κ1) is 16.3. The summed E-state index contributed by atoms with van der Waals surface area (Å²) in [5.74, 6) is 0.319. The van der Waals surface area contributed by atoms with E-state index < -0.39 is 6.09 Å². The predicted molar refractivity (Wildman–Crippen MR) is 101 cm³/mol. The van der Waals surface area contributed by atoms with Crippen molar-refractivity contribution in [1.29, 1.82) is 0 Å². The number of amides is 1. The number of halogens is 1. The molecule has 2 aliphatic heterocycles. The van der Waals surface area contributed by atoms with Gasteiger partial charge in [-0.15, -0.1) is 0 Å². The Balaban J connectivity index is 1.80. The number of anilines is 2. The van der Waals surface area contributed by atoms with Crippen LogP contribution >= 0.6 is 11.6 Å². The number of aryl methyl sites for hydroxylation is 1. The largest absolute Gasteiger partial charge is 0.453 e. The average Bonchev–Trinajstić information content (AvgIpc) is 2.63. The highest BCUT2D eigenvalue weighted by atomic mass is 35.5. The van der Waals surface area contributed by atoms with Crippen LogP contribution in [0.25, 0.3) is 0 Å². The summed E-state index contributed by atoms with van der Waals surface area (Å²) < 4.78 is 4.76. The third-order valence-electron chi connectivity index (χ3n) is 5.18. The Bertz CT molecular complexity index is 804. The lowest BCUT2D eigenvalue weighted by atomic mass is 9.81. The molecule has 2 aromatic rings. The minimum atomic E-state index is -0.432. The molecule has 0 aromatic heterocycles. The fourth-order valence-corrected chi connectivity index (χ4v) is 4.21. The summed E-state index contributed by atoms with van der Waals surface area (Å²) in [4.78, 5) is 14.1. The van der Waals surface area contributed by atoms with Crippen molar-refractivity contribution < 1.29 is 9.53 Å². The zero-order valence-electron chi connectivity index (χ0n) is 14.2. The van der Waals surface area contributed by atoms with Crippen molar-refractivity contribution in [3.8, 4) is 0 Å². The molecule has 5 heteroatoms. The quantitative estimate of drug-likeness (QED) is 0.839. The molecule has 130 valence electrons. The van der Waals surface area contributed by atoms with Gasteiger partial charge in [-0.25, -0.2) is 4.79 Å². The van der Waals surface area contributed by atoms with Gasteiger partial charge in [0.05, 0.1) is 7.11 Å². The number of methoxy groups -OCH3 is 1. The van der Waals surface area contributed by atoms with E-state index in [2.05, 4.69) is 34.5 Å². The van der Waals surface area contributed by atoms with Gasteiger partial charge in [-0.3, -0.25) is 5.32 Å². The highest BCUT2D eigenvalue weighted by molar-refractivity contribution is 6.30. The fraction of sp³-hybridized carbons (Fsp3) is 0.350. The number of nitrogens with zero attached hydrogens (tertiary/aromatic N) is 1. The molecule has 2 heterocycles. The van der Waals surface area contributed by atoms with Crippen molar-refractivity contribution in [1.82, 2.24) is 0 Å². The lowest BCUT2D eigenvalue weighted by Crippen LogP contribution is -2.36. The third-order valence-corrected chi connectivity index (χ3v) is 5.43. The van der Waals surface area contributed by atoms with E-state index in [4.69, 9.17) is 16.3 Å². The number of hydrogen-bond donors (Lipinski definition) is 1. The number of carbonyl (C=O) groups excluding carboxylic acids is 1. The predicted octanol–water partition coefficient (Wildman–Crippen LogP) is 4.81. The minimum Gasteiger partial charge on any atom is -0.453 e. The van der Waals surface area contributed by atoms with E-state index in [1.807, 2.05) is 12.1 Å². The highest BCUT2D eigenvalue weighted by Crippen LogP contribution is 2.45. The maximum Gasteiger partial charge on any atom is 0.411 e. The average molecular weight is 357 g/mol. The standard InChI is InChI=1S/C20H21ClN2O2/c1-25-20(24)22-16-11-14-3-2-9-23-10-8-17(18(12-16)19(14)23)13-4-6-15(21)7-5-13/h4-7,11-12,17H,2-3,8-10H2,1H3,(H,22,24). The SMILES string of the molecule is COC(=O)Nc1cc2c3c(c1)C(c1ccc(Cl)cc1)CCN3CCC2. The van der Waals surface area contributed by atoms with Crippen LogP contribution in [0.2, 0.25) is 5.02 Å². The Morgan fingerprint density at radius 1 is 1.24 bits per heavy atom. The van der Waals surface area contributed by atoms with Gasteiger partial charge < -0.3 is 9.64 Å². The Hall–Kier alpha value is -2.20. The van der Waals surface area contributed by atoms with Crippen LogP contribution in [0.15, 0.2) is 36.4 Å². The molecule has 0 spiro atoms. The van der Waals surface area contributed by atoms with Crippen molar-refractivity contribution in [3.05, 3.63) is 58.1 Å². The van der Waals surface area contributed by atoms with Crippen molar-refractivity contribution >= 4 is 29.1 Å². The smallest absolute Gasteiger partial charge is 0.411 e. The first-order valence-corrected chi connectivity index (χ1v) is 9.05. The van der Waals surface area contributed by atoms with E-state index in [0.717, 1.165) is 43.1 Å². The molecule has 25 heavy (non-hydrogen) atoms. The molecular weight excluding hydrogens is 336 g/mol. The van der Waals surface area contributed by atoms with Crippen LogP contribution < -0.4 is 10.2 Å². The van der Waals surface area contributed by atoms with Gasteiger partial charge in [0.25, 0.3) is 0 Å². The van der Waals surface area contributed by atoms with Crippen molar-refractivity contribution in [2.24, 2.45) is 0 Å². The van der Waals surface area contributed by atoms with Crippen LogP contribution in [0.3, 0.4) is 0 Å². The maximum atomic E-state index is 11.7. The first-order valence-electron chi connectivity index (χ1n) is 8.68. The second-order valence-corrected chi connectivity index (χ2v) is 7.11. The molecule has 2 aliphatic rings. The number of rotatable bonds is 2. The van der Waals surface area contributed by atoms with Crippen LogP contribution in [0.5, 0.6) is 0 Å². The first-order chi connectivity index (χ1) is 12.2. The molecule has 1 N–H and O–H groups in total. The topological polar surface area (TPSA) is 41.6 Å². The van der Waals surface area contributed by atoms with E-state index in [-0.39, 0.29) is 0 Å². The molecule has 0 radical (unpaired) electrons. The number of nitrogens with one attached hydrogen (secondary N) is 1. The summed E-state index contributed by atoms with van der Waals surface area (Å²) in [6, 6.07) is 12.3. The van der Waals surface area contributed by atoms with E-state index in [1.165, 1.54) is 29.5 Å². The molecule has 1 unspecified atom stereocenters. The van der Waals surface area contributed by atoms with Crippen LogP contribution in [0, 0.1) is 0 Å². The molecule has 1 amide bonds.